The number of carboxylic acid groups (broad SMARTS) is 1. The molecule has 3 aromatic heterocycles. The fourth-order valence-corrected chi connectivity index (χ4v) is 3.96. The Morgan fingerprint density at radius 2 is 2.14 bits per heavy atom. The maximum absolute atomic E-state index is 12.8. The highest BCUT2D eigenvalue weighted by Gasteiger charge is 2.36. The van der Waals surface area contributed by atoms with Gasteiger partial charge >= 0.3 is 6.09 Å². The lowest BCUT2D eigenvalue weighted by atomic mass is 9.95. The summed E-state index contributed by atoms with van der Waals surface area (Å²) >= 11 is 0. The average Bonchev–Trinajstić information content (AvgIpc) is 3.35. The molecule has 0 saturated heterocycles. The number of nitrogens with zero attached hydrogens (tertiary/aromatic N) is 5. The summed E-state index contributed by atoms with van der Waals surface area (Å²) in [6.45, 7) is 4.34. The third-order valence-corrected chi connectivity index (χ3v) is 6.01. The number of amides is 3. The molecule has 192 valence electrons. The fraction of sp³-hybridized carbons (Fsp3) is 0.360. The first-order chi connectivity index (χ1) is 17.6. The highest BCUT2D eigenvalue weighted by Crippen LogP contribution is 2.33. The number of nitrogens with one attached hydrogen (secondary N) is 1. The monoisotopic (exact) mass is 505 g/mol. The van der Waals surface area contributed by atoms with Gasteiger partial charge in [-0.05, 0) is 44.7 Å². The number of primary amides is 1. The van der Waals surface area contributed by atoms with Crippen LogP contribution in [0.4, 0.5) is 10.5 Å². The molecule has 1 saturated carbocycles. The number of aromatic nitrogens is 4. The van der Waals surface area contributed by atoms with Crippen molar-refractivity contribution in [2.24, 2.45) is 11.7 Å². The van der Waals surface area contributed by atoms with E-state index in [0.29, 0.717) is 30.1 Å². The van der Waals surface area contributed by atoms with Crippen LogP contribution >= 0.6 is 0 Å². The van der Waals surface area contributed by atoms with E-state index < -0.39 is 23.4 Å². The molecule has 0 spiro atoms. The van der Waals surface area contributed by atoms with Gasteiger partial charge in [-0.15, -0.1) is 6.42 Å². The van der Waals surface area contributed by atoms with E-state index in [2.05, 4.69) is 26.3 Å². The van der Waals surface area contributed by atoms with E-state index in [-0.39, 0.29) is 29.5 Å². The van der Waals surface area contributed by atoms with E-state index in [1.165, 1.54) is 22.0 Å². The minimum Gasteiger partial charge on any atom is -0.465 e. The molecular formula is C25H27N7O5. The van der Waals surface area contributed by atoms with Crippen LogP contribution in [-0.2, 0) is 13.0 Å². The fourth-order valence-electron chi connectivity index (χ4n) is 3.96. The highest BCUT2D eigenvalue weighted by atomic mass is 16.4. The number of rotatable bonds is 10. The Morgan fingerprint density at radius 3 is 2.78 bits per heavy atom. The molecule has 4 rings (SSSR count). The second kappa shape index (κ2) is 10.1. The maximum Gasteiger partial charge on any atom is 0.407 e. The van der Waals surface area contributed by atoms with E-state index in [1.807, 2.05) is 13.8 Å². The molecule has 1 aliphatic rings. The smallest absolute Gasteiger partial charge is 0.407 e. The Hall–Kier alpha value is -4.66. The van der Waals surface area contributed by atoms with Crippen LogP contribution < -0.4 is 11.1 Å². The number of carbonyl (C=O) groups is 3. The molecule has 1 aliphatic carbocycles. The number of hydrogen-bond donors (Lipinski definition) is 3. The summed E-state index contributed by atoms with van der Waals surface area (Å²) in [7, 11) is 0. The highest BCUT2D eigenvalue weighted by molar-refractivity contribution is 6.07. The van der Waals surface area contributed by atoms with Crippen molar-refractivity contribution in [2.45, 2.75) is 45.2 Å². The Bertz CT molecular complexity index is 1380. The molecular weight excluding hydrogens is 478 g/mol. The van der Waals surface area contributed by atoms with Crippen LogP contribution in [0.15, 0.2) is 35.2 Å². The molecule has 3 amide bonds. The molecule has 0 atom stereocenters. The van der Waals surface area contributed by atoms with E-state index in [4.69, 9.17) is 16.6 Å². The minimum atomic E-state index is -0.958. The van der Waals surface area contributed by atoms with E-state index in [0.717, 1.165) is 12.8 Å². The van der Waals surface area contributed by atoms with Crippen LogP contribution in [0, 0.1) is 18.3 Å². The van der Waals surface area contributed by atoms with Crippen LogP contribution in [0.25, 0.3) is 11.5 Å². The molecule has 3 aromatic rings. The quantitative estimate of drug-likeness (QED) is 0.353. The zero-order valence-corrected chi connectivity index (χ0v) is 20.5. The van der Waals surface area contributed by atoms with Crippen LogP contribution in [0.3, 0.4) is 0 Å². The van der Waals surface area contributed by atoms with Gasteiger partial charge in [-0.1, -0.05) is 5.92 Å². The van der Waals surface area contributed by atoms with Gasteiger partial charge in [0, 0.05) is 36.0 Å². The molecule has 0 unspecified atom stereocenters. The van der Waals surface area contributed by atoms with Gasteiger partial charge in [0.2, 0.25) is 5.89 Å². The Morgan fingerprint density at radius 1 is 1.38 bits per heavy atom. The van der Waals surface area contributed by atoms with Gasteiger partial charge in [-0.3, -0.25) is 19.3 Å². The topological polar surface area (TPSA) is 169 Å². The number of carbonyl (C=O) groups excluding carboxylic acids is 2. The third kappa shape index (κ3) is 5.95. The van der Waals surface area contributed by atoms with Gasteiger partial charge in [0.05, 0.1) is 11.9 Å². The first kappa shape index (κ1) is 25.4. The van der Waals surface area contributed by atoms with Gasteiger partial charge in [0.25, 0.3) is 11.8 Å². The second-order valence-corrected chi connectivity index (χ2v) is 9.51. The zero-order valence-electron chi connectivity index (χ0n) is 20.5. The Balaban J connectivity index is 1.49. The molecule has 0 aliphatic heterocycles. The van der Waals surface area contributed by atoms with Gasteiger partial charge in [-0.25, -0.2) is 9.78 Å². The third-order valence-electron chi connectivity index (χ3n) is 6.01. The molecule has 4 N–H and O–H groups in total. The standard InChI is InChI=1S/C25H27N7O5/c1-4-9-31-13-18(20(30-31)21(26)33)28-22(34)19-14-37-23(29-19)16-7-8-27-17(10-16)11-25(2,3)32(24(35)36)12-15-5-6-15/h1,7-8,10,13-15H,5-6,9,11-12H2,2-3H3,(H2,26,33)(H,28,34)(H,35,36). The van der Waals surface area contributed by atoms with Crippen molar-refractivity contribution in [1.82, 2.24) is 24.6 Å². The Labute approximate surface area is 212 Å². The number of oxazole rings is 1. The molecule has 0 bridgehead atoms. The van der Waals surface area contributed by atoms with E-state index in [1.54, 1.807) is 18.3 Å². The summed E-state index contributed by atoms with van der Waals surface area (Å²) in [6.07, 6.45) is 11.0. The summed E-state index contributed by atoms with van der Waals surface area (Å²) < 4.78 is 6.83. The number of nitrogens with two attached hydrogens (primary N) is 1. The number of terminal acetylenes is 1. The van der Waals surface area contributed by atoms with Crippen molar-refractivity contribution in [3.63, 3.8) is 0 Å². The first-order valence-corrected chi connectivity index (χ1v) is 11.6. The number of pyridine rings is 1. The molecule has 37 heavy (non-hydrogen) atoms. The summed E-state index contributed by atoms with van der Waals surface area (Å²) in [6, 6.07) is 3.43. The summed E-state index contributed by atoms with van der Waals surface area (Å²) in [5.74, 6) is 1.52. The van der Waals surface area contributed by atoms with Crippen molar-refractivity contribution in [2.75, 3.05) is 11.9 Å². The largest absolute Gasteiger partial charge is 0.465 e. The van der Waals surface area contributed by atoms with E-state index in [9.17, 15) is 19.5 Å². The molecule has 0 radical (unpaired) electrons. The van der Waals surface area contributed by atoms with E-state index >= 15 is 0 Å². The number of anilines is 1. The minimum absolute atomic E-state index is 0.0321. The van der Waals surface area contributed by atoms with Gasteiger partial charge in [0.1, 0.15) is 12.8 Å². The Kier molecular flexibility index (Phi) is 6.97. The lowest BCUT2D eigenvalue weighted by Gasteiger charge is -2.36. The molecule has 0 aromatic carbocycles. The average molecular weight is 506 g/mol. The predicted octanol–water partition coefficient (Wildman–Crippen LogP) is 2.63. The van der Waals surface area contributed by atoms with Crippen molar-refractivity contribution in [3.8, 4) is 23.8 Å². The summed E-state index contributed by atoms with van der Waals surface area (Å²) in [5, 5.41) is 16.3. The van der Waals surface area contributed by atoms with Gasteiger partial charge in [0.15, 0.2) is 11.4 Å². The second-order valence-electron chi connectivity index (χ2n) is 9.51. The van der Waals surface area contributed by atoms with Crippen molar-refractivity contribution in [1.29, 1.82) is 0 Å². The van der Waals surface area contributed by atoms with Gasteiger partial charge in [-0.2, -0.15) is 5.10 Å². The van der Waals surface area contributed by atoms with Crippen molar-refractivity contribution in [3.05, 3.63) is 47.9 Å². The zero-order chi connectivity index (χ0) is 26.7. The lowest BCUT2D eigenvalue weighted by molar-refractivity contribution is 0.0882. The molecule has 1 fully saturated rings. The predicted molar refractivity (Wildman–Crippen MR) is 133 cm³/mol. The SMILES string of the molecule is C#CCn1cc(NC(=O)c2coc(-c3ccnc(CC(C)(C)N(CC4CC4)C(=O)O)c3)n2)c(C(N)=O)n1. The molecule has 3 heterocycles. The molecule has 12 nitrogen and oxygen atoms in total. The maximum atomic E-state index is 12.8. The number of hydrogen-bond acceptors (Lipinski definition) is 7. The van der Waals surface area contributed by atoms with Crippen LogP contribution in [0.5, 0.6) is 0 Å². The molecule has 12 heteroatoms. The van der Waals surface area contributed by atoms with Gasteiger partial charge < -0.3 is 25.5 Å². The van der Waals surface area contributed by atoms with Crippen LogP contribution in [0.1, 0.15) is 53.4 Å². The lowest BCUT2D eigenvalue weighted by Crippen LogP contribution is -2.49. The summed E-state index contributed by atoms with van der Waals surface area (Å²) in [5.41, 5.74) is 5.83. The van der Waals surface area contributed by atoms with Crippen molar-refractivity contribution < 1.29 is 23.9 Å². The normalized spacial score (nSPS) is 13.1. The summed E-state index contributed by atoms with van der Waals surface area (Å²) in [4.78, 5) is 46.4. The van der Waals surface area contributed by atoms with Crippen molar-refractivity contribution >= 4 is 23.6 Å². The van der Waals surface area contributed by atoms with Crippen LogP contribution in [-0.4, -0.2) is 59.7 Å². The van der Waals surface area contributed by atoms with Crippen LogP contribution in [0.2, 0.25) is 0 Å². The first-order valence-electron chi connectivity index (χ1n) is 11.6.